The molecule has 26 heavy (non-hydrogen) atoms. The molecule has 1 aliphatic heterocycles. The summed E-state index contributed by atoms with van der Waals surface area (Å²) in [5.41, 5.74) is 2.44. The van der Waals surface area contributed by atoms with Gasteiger partial charge in [-0.2, -0.15) is 9.40 Å². The zero-order valence-corrected chi connectivity index (χ0v) is 16.3. The topological polar surface area (TPSA) is 71.3 Å². The largest absolute Gasteiger partial charge is 0.368 e. The van der Waals surface area contributed by atoms with Gasteiger partial charge in [-0.3, -0.25) is 4.68 Å². The van der Waals surface area contributed by atoms with Crippen LogP contribution in [0.2, 0.25) is 5.15 Å². The molecule has 0 aliphatic carbocycles. The van der Waals surface area contributed by atoms with E-state index in [0.29, 0.717) is 31.3 Å². The third kappa shape index (κ3) is 4.18. The maximum Gasteiger partial charge on any atom is 0.213 e. The molecule has 9 heteroatoms. The minimum absolute atomic E-state index is 0.121. The molecule has 138 valence electrons. The molecule has 1 saturated heterocycles. The van der Waals surface area contributed by atoms with Crippen LogP contribution in [0.5, 0.6) is 0 Å². The number of aryl methyl sites for hydroxylation is 1. The van der Waals surface area contributed by atoms with Crippen LogP contribution in [0.1, 0.15) is 18.1 Å². The molecule has 0 unspecified atom stereocenters. The van der Waals surface area contributed by atoms with Gasteiger partial charge in [0.2, 0.25) is 10.0 Å². The molecular formula is C17H20ClN5O2S. The number of pyridine rings is 1. The number of hydrogen-bond donors (Lipinski definition) is 0. The fraction of sp³-hybridized carbons (Fsp3) is 0.412. The molecule has 0 atom stereocenters. The Hall–Kier alpha value is -2.08. The van der Waals surface area contributed by atoms with E-state index in [1.807, 2.05) is 13.2 Å². The summed E-state index contributed by atoms with van der Waals surface area (Å²) >= 11 is 6.07. The average molecular weight is 394 g/mol. The third-order valence-electron chi connectivity index (χ3n) is 4.23. The first-order valence-electron chi connectivity index (χ1n) is 8.28. The van der Waals surface area contributed by atoms with Crippen molar-refractivity contribution >= 4 is 27.3 Å². The minimum atomic E-state index is -3.16. The lowest BCUT2D eigenvalue weighted by molar-refractivity contribution is 0.385. The molecule has 1 aliphatic rings. The molecule has 0 spiro atoms. The van der Waals surface area contributed by atoms with E-state index in [1.54, 1.807) is 30.1 Å². The Morgan fingerprint density at radius 3 is 2.54 bits per heavy atom. The first-order valence-corrected chi connectivity index (χ1v) is 10.3. The molecule has 0 saturated carbocycles. The van der Waals surface area contributed by atoms with Gasteiger partial charge in [0.25, 0.3) is 0 Å². The standard InChI is InChI=1S/C17H20ClN5O2S/c1-3-26(24,25)23-8-6-22(7-9-23)16-10-17(18)19-12-15(16)5-4-14-11-20-21(2)13-14/h10-13H,3,6-9H2,1-2H3. The molecule has 1 fully saturated rings. The summed E-state index contributed by atoms with van der Waals surface area (Å²) in [6.07, 6.45) is 5.19. The van der Waals surface area contributed by atoms with Crippen LogP contribution in [-0.2, 0) is 17.1 Å². The number of halogens is 1. The summed E-state index contributed by atoms with van der Waals surface area (Å²) in [6.45, 7) is 3.73. The predicted octanol–water partition coefficient (Wildman–Crippen LogP) is 1.34. The summed E-state index contributed by atoms with van der Waals surface area (Å²) < 4.78 is 27.3. The highest BCUT2D eigenvalue weighted by molar-refractivity contribution is 7.89. The zero-order chi connectivity index (χ0) is 18.7. The Kier molecular flexibility index (Phi) is 5.51. The molecule has 2 aromatic rings. The van der Waals surface area contributed by atoms with E-state index in [1.165, 1.54) is 4.31 Å². The van der Waals surface area contributed by atoms with Crippen molar-refractivity contribution in [2.24, 2.45) is 7.05 Å². The van der Waals surface area contributed by atoms with E-state index in [9.17, 15) is 8.42 Å². The highest BCUT2D eigenvalue weighted by atomic mass is 35.5. The van der Waals surface area contributed by atoms with Gasteiger partial charge in [0, 0.05) is 51.7 Å². The van der Waals surface area contributed by atoms with Crippen molar-refractivity contribution in [3.63, 3.8) is 0 Å². The van der Waals surface area contributed by atoms with Crippen molar-refractivity contribution in [1.29, 1.82) is 0 Å². The van der Waals surface area contributed by atoms with Crippen LogP contribution < -0.4 is 4.90 Å². The molecule has 0 bridgehead atoms. The number of anilines is 1. The van der Waals surface area contributed by atoms with Crippen LogP contribution in [0.3, 0.4) is 0 Å². The van der Waals surface area contributed by atoms with E-state index in [2.05, 4.69) is 26.8 Å². The molecular weight excluding hydrogens is 374 g/mol. The summed E-state index contributed by atoms with van der Waals surface area (Å²) in [5.74, 6) is 6.32. The highest BCUT2D eigenvalue weighted by Gasteiger charge is 2.26. The SMILES string of the molecule is CCS(=O)(=O)N1CCN(c2cc(Cl)ncc2C#Cc2cnn(C)c2)CC1. The molecule has 7 nitrogen and oxygen atoms in total. The molecule has 3 heterocycles. The maximum absolute atomic E-state index is 12.0. The Morgan fingerprint density at radius 2 is 1.92 bits per heavy atom. The van der Waals surface area contributed by atoms with Gasteiger partial charge in [-0.15, -0.1) is 0 Å². The van der Waals surface area contributed by atoms with Crippen molar-refractivity contribution in [3.8, 4) is 11.8 Å². The van der Waals surface area contributed by atoms with Crippen LogP contribution in [0, 0.1) is 11.8 Å². The number of piperazine rings is 1. The Bertz CT molecular complexity index is 953. The van der Waals surface area contributed by atoms with Gasteiger partial charge in [-0.1, -0.05) is 23.4 Å². The van der Waals surface area contributed by atoms with Gasteiger partial charge in [0.05, 0.1) is 28.8 Å². The Labute approximate surface area is 158 Å². The Morgan fingerprint density at radius 1 is 1.19 bits per heavy atom. The summed E-state index contributed by atoms with van der Waals surface area (Å²) in [5, 5.41) is 4.48. The van der Waals surface area contributed by atoms with Crippen molar-refractivity contribution in [1.82, 2.24) is 19.1 Å². The molecule has 3 rings (SSSR count). The predicted molar refractivity (Wildman–Crippen MR) is 102 cm³/mol. The smallest absolute Gasteiger partial charge is 0.213 e. The van der Waals surface area contributed by atoms with Gasteiger partial charge in [-0.25, -0.2) is 13.4 Å². The number of nitrogens with zero attached hydrogens (tertiary/aromatic N) is 5. The van der Waals surface area contributed by atoms with Crippen LogP contribution in [0.4, 0.5) is 5.69 Å². The first kappa shape index (κ1) is 18.7. The molecule has 2 aromatic heterocycles. The van der Waals surface area contributed by atoms with Crippen LogP contribution in [0.25, 0.3) is 0 Å². The van der Waals surface area contributed by atoms with Gasteiger partial charge >= 0.3 is 0 Å². The van der Waals surface area contributed by atoms with Crippen LogP contribution in [-0.4, -0.2) is 59.4 Å². The van der Waals surface area contributed by atoms with Gasteiger partial charge in [0.1, 0.15) is 5.15 Å². The van der Waals surface area contributed by atoms with Crippen molar-refractivity contribution in [2.45, 2.75) is 6.92 Å². The first-order chi connectivity index (χ1) is 12.4. The lowest BCUT2D eigenvalue weighted by atomic mass is 10.2. The van der Waals surface area contributed by atoms with E-state index in [4.69, 9.17) is 11.6 Å². The van der Waals surface area contributed by atoms with E-state index in [-0.39, 0.29) is 5.75 Å². The highest BCUT2D eigenvalue weighted by Crippen LogP contribution is 2.24. The zero-order valence-electron chi connectivity index (χ0n) is 14.7. The second-order valence-corrected chi connectivity index (χ2v) is 8.61. The van der Waals surface area contributed by atoms with Gasteiger partial charge in [-0.05, 0) is 6.92 Å². The monoisotopic (exact) mass is 393 g/mol. The summed E-state index contributed by atoms with van der Waals surface area (Å²) in [7, 11) is -1.32. The molecule has 0 N–H and O–H groups in total. The summed E-state index contributed by atoms with van der Waals surface area (Å²) in [6, 6.07) is 1.78. The second-order valence-electron chi connectivity index (χ2n) is 5.96. The molecule has 0 radical (unpaired) electrons. The fourth-order valence-electron chi connectivity index (χ4n) is 2.79. The number of aromatic nitrogens is 3. The number of sulfonamides is 1. The minimum Gasteiger partial charge on any atom is -0.368 e. The number of rotatable bonds is 3. The lowest BCUT2D eigenvalue weighted by Gasteiger charge is -2.35. The van der Waals surface area contributed by atoms with Crippen LogP contribution in [0.15, 0.2) is 24.7 Å². The number of hydrogen-bond acceptors (Lipinski definition) is 5. The van der Waals surface area contributed by atoms with Crippen molar-refractivity contribution < 1.29 is 8.42 Å². The third-order valence-corrected chi connectivity index (χ3v) is 6.32. The normalized spacial score (nSPS) is 15.6. The van der Waals surface area contributed by atoms with Gasteiger partial charge in [0.15, 0.2) is 0 Å². The van der Waals surface area contributed by atoms with Crippen molar-refractivity contribution in [3.05, 3.63) is 40.9 Å². The fourth-order valence-corrected chi connectivity index (χ4v) is 4.03. The average Bonchev–Trinajstić information content (AvgIpc) is 3.06. The summed E-state index contributed by atoms with van der Waals surface area (Å²) in [4.78, 5) is 6.23. The van der Waals surface area contributed by atoms with E-state index >= 15 is 0 Å². The molecule has 0 amide bonds. The maximum atomic E-state index is 12.0. The Balaban J connectivity index is 1.82. The van der Waals surface area contributed by atoms with Crippen LogP contribution >= 0.6 is 11.6 Å². The van der Waals surface area contributed by atoms with Crippen molar-refractivity contribution in [2.75, 3.05) is 36.8 Å². The van der Waals surface area contributed by atoms with Gasteiger partial charge < -0.3 is 4.90 Å². The second kappa shape index (κ2) is 7.66. The van der Waals surface area contributed by atoms with E-state index < -0.39 is 10.0 Å². The molecule has 0 aromatic carbocycles. The quantitative estimate of drug-likeness (QED) is 0.581. The lowest BCUT2D eigenvalue weighted by Crippen LogP contribution is -2.49. The van der Waals surface area contributed by atoms with E-state index in [0.717, 1.165) is 16.8 Å².